The summed E-state index contributed by atoms with van der Waals surface area (Å²) in [5, 5.41) is 5.06. The number of rotatable bonds is 5. The Labute approximate surface area is 231 Å². The first-order valence-corrected chi connectivity index (χ1v) is 14.2. The fourth-order valence-corrected chi connectivity index (χ4v) is 7.25. The number of piperidine rings is 1. The first-order chi connectivity index (χ1) is 17.7. The molecule has 3 aromatic rings. The lowest BCUT2D eigenvalue weighted by atomic mass is 9.91. The molecular weight excluding hydrogens is 498 g/mol. The van der Waals surface area contributed by atoms with Crippen LogP contribution in [0.4, 0.5) is 11.4 Å². The molecule has 37 heavy (non-hydrogen) atoms. The minimum atomic E-state index is -0.0722. The quantitative estimate of drug-likeness (QED) is 0.344. The van der Waals surface area contributed by atoms with Crippen LogP contribution < -0.4 is 15.1 Å². The van der Waals surface area contributed by atoms with E-state index in [1.807, 2.05) is 18.3 Å². The summed E-state index contributed by atoms with van der Waals surface area (Å²) in [6, 6.07) is 15.1. The number of benzene rings is 1. The third-order valence-corrected chi connectivity index (χ3v) is 8.49. The van der Waals surface area contributed by atoms with Crippen LogP contribution in [0, 0.1) is 25.7 Å². The first-order valence-electron chi connectivity index (χ1n) is 13.4. The Morgan fingerprint density at radius 1 is 1.05 bits per heavy atom. The number of aromatic nitrogens is 2. The smallest absolute Gasteiger partial charge is 0.174 e. The highest BCUT2D eigenvalue weighted by Crippen LogP contribution is 2.45. The summed E-state index contributed by atoms with van der Waals surface area (Å²) in [7, 11) is 0. The monoisotopic (exact) mass is 535 g/mol. The van der Waals surface area contributed by atoms with Crippen LogP contribution in [0.15, 0.2) is 48.7 Å². The molecule has 0 amide bonds. The van der Waals surface area contributed by atoms with Crippen molar-refractivity contribution >= 4 is 40.3 Å². The fraction of sp³-hybridized carbons (Fsp3) is 0.467. The summed E-state index contributed by atoms with van der Waals surface area (Å²) in [6.07, 6.45) is 3.12. The van der Waals surface area contributed by atoms with Crippen LogP contribution in [0.1, 0.15) is 74.9 Å². The molecule has 1 N–H and O–H groups in total. The SMILES string of the molecule is Cc1cc([C@H]2[C@@H](c3ccccn3)NC(=S)N2c2ccc(N3C[C@H](C)C[C@H](C)C3)c(Cl)c2)c(C)n1C(C)C. The van der Waals surface area contributed by atoms with E-state index in [0.29, 0.717) is 23.0 Å². The summed E-state index contributed by atoms with van der Waals surface area (Å²) in [6.45, 7) is 15.6. The van der Waals surface area contributed by atoms with Gasteiger partial charge >= 0.3 is 0 Å². The van der Waals surface area contributed by atoms with Crippen molar-refractivity contribution in [2.24, 2.45) is 11.8 Å². The maximum Gasteiger partial charge on any atom is 0.174 e. The van der Waals surface area contributed by atoms with Gasteiger partial charge in [-0.25, -0.2) is 0 Å². The Hall–Kier alpha value is -2.57. The zero-order valence-electron chi connectivity index (χ0n) is 22.7. The predicted molar refractivity (Wildman–Crippen MR) is 159 cm³/mol. The van der Waals surface area contributed by atoms with E-state index < -0.39 is 0 Å². The molecule has 2 fully saturated rings. The molecule has 0 radical (unpaired) electrons. The summed E-state index contributed by atoms with van der Waals surface area (Å²) >= 11 is 13.0. The number of aryl methyl sites for hydroxylation is 1. The maximum absolute atomic E-state index is 6.99. The number of hydrogen-bond donors (Lipinski definition) is 1. The highest BCUT2D eigenvalue weighted by molar-refractivity contribution is 7.80. The van der Waals surface area contributed by atoms with E-state index in [-0.39, 0.29) is 12.1 Å². The van der Waals surface area contributed by atoms with Gasteiger partial charge in [-0.15, -0.1) is 0 Å². The van der Waals surface area contributed by atoms with Crippen molar-refractivity contribution in [1.82, 2.24) is 14.9 Å². The van der Waals surface area contributed by atoms with Gasteiger partial charge in [0.05, 0.1) is 28.5 Å². The molecule has 2 aliphatic heterocycles. The van der Waals surface area contributed by atoms with Gasteiger partial charge in [0.25, 0.3) is 0 Å². The van der Waals surface area contributed by atoms with E-state index in [9.17, 15) is 0 Å². The van der Waals surface area contributed by atoms with Gasteiger partial charge in [0.2, 0.25) is 0 Å². The number of halogens is 1. The summed E-state index contributed by atoms with van der Waals surface area (Å²) in [5.74, 6) is 1.32. The zero-order chi connectivity index (χ0) is 26.4. The van der Waals surface area contributed by atoms with Gasteiger partial charge in [0.1, 0.15) is 0 Å². The van der Waals surface area contributed by atoms with Crippen molar-refractivity contribution < 1.29 is 0 Å². The second-order valence-corrected chi connectivity index (χ2v) is 12.1. The number of thiocarbonyl (C=S) groups is 1. The second kappa shape index (κ2) is 10.3. The van der Waals surface area contributed by atoms with Gasteiger partial charge in [-0.1, -0.05) is 31.5 Å². The highest BCUT2D eigenvalue weighted by Gasteiger charge is 2.42. The molecule has 0 saturated carbocycles. The molecule has 1 aromatic carbocycles. The van der Waals surface area contributed by atoms with E-state index >= 15 is 0 Å². The van der Waals surface area contributed by atoms with Crippen LogP contribution in [0.25, 0.3) is 0 Å². The average molecular weight is 536 g/mol. The van der Waals surface area contributed by atoms with Gasteiger partial charge in [-0.3, -0.25) is 4.98 Å². The minimum absolute atomic E-state index is 0.0435. The van der Waals surface area contributed by atoms with E-state index in [1.54, 1.807) is 0 Å². The number of pyridine rings is 1. The van der Waals surface area contributed by atoms with Crippen molar-refractivity contribution in [1.29, 1.82) is 0 Å². The highest BCUT2D eigenvalue weighted by atomic mass is 35.5. The molecule has 4 atom stereocenters. The average Bonchev–Trinajstić information content (AvgIpc) is 3.33. The van der Waals surface area contributed by atoms with Crippen molar-refractivity contribution in [2.75, 3.05) is 22.9 Å². The molecule has 7 heteroatoms. The Balaban J connectivity index is 1.58. The van der Waals surface area contributed by atoms with E-state index in [2.05, 4.69) is 91.6 Å². The largest absolute Gasteiger partial charge is 0.370 e. The van der Waals surface area contributed by atoms with Gasteiger partial charge in [-0.05, 0) is 100 Å². The van der Waals surface area contributed by atoms with Crippen molar-refractivity contribution in [3.05, 3.63) is 76.3 Å². The van der Waals surface area contributed by atoms with Crippen molar-refractivity contribution in [3.63, 3.8) is 0 Å². The Bertz CT molecular complexity index is 1280. The van der Waals surface area contributed by atoms with Crippen molar-refractivity contribution in [2.45, 2.75) is 66.1 Å². The van der Waals surface area contributed by atoms with Gasteiger partial charge in [0, 0.05) is 42.4 Å². The molecular formula is C30H38ClN5S. The van der Waals surface area contributed by atoms with E-state index in [0.717, 1.165) is 35.2 Å². The maximum atomic E-state index is 6.99. The first kappa shape index (κ1) is 26.1. The molecule has 0 bridgehead atoms. The van der Waals surface area contributed by atoms with Crippen LogP contribution in [-0.2, 0) is 0 Å². The lowest BCUT2D eigenvalue weighted by Gasteiger charge is -2.37. The predicted octanol–water partition coefficient (Wildman–Crippen LogP) is 7.39. The summed E-state index contributed by atoms with van der Waals surface area (Å²) in [4.78, 5) is 9.39. The molecule has 0 spiro atoms. The Kier molecular flexibility index (Phi) is 7.25. The Morgan fingerprint density at radius 3 is 2.38 bits per heavy atom. The van der Waals surface area contributed by atoms with Crippen LogP contribution in [0.3, 0.4) is 0 Å². The van der Waals surface area contributed by atoms with Crippen LogP contribution >= 0.6 is 23.8 Å². The third kappa shape index (κ3) is 4.86. The molecule has 0 aliphatic carbocycles. The molecule has 2 aromatic heterocycles. The van der Waals surface area contributed by atoms with Crippen LogP contribution in [0.2, 0.25) is 5.02 Å². The molecule has 2 saturated heterocycles. The minimum Gasteiger partial charge on any atom is -0.370 e. The van der Waals surface area contributed by atoms with Gasteiger partial charge < -0.3 is 19.7 Å². The molecule has 196 valence electrons. The topological polar surface area (TPSA) is 36.3 Å². The fourth-order valence-electron chi connectivity index (χ4n) is 6.61. The summed E-state index contributed by atoms with van der Waals surface area (Å²) < 4.78 is 2.40. The zero-order valence-corrected chi connectivity index (χ0v) is 24.3. The van der Waals surface area contributed by atoms with E-state index in [1.165, 1.54) is 23.4 Å². The molecule has 2 aliphatic rings. The number of nitrogens with zero attached hydrogens (tertiary/aromatic N) is 4. The third-order valence-electron chi connectivity index (χ3n) is 7.88. The standard InChI is InChI=1S/C30H38ClN5S/c1-18(2)35-21(5)14-24(22(35)6)29-28(26-9-7-8-12-32-26)33-30(37)36(29)23-10-11-27(25(31)15-23)34-16-19(3)13-20(4)17-34/h7-12,14-15,18-20,28-29H,13,16-17H2,1-6H3,(H,33,37)/t19-,20+,28-,29+/m1/s1. The second-order valence-electron chi connectivity index (χ2n) is 11.3. The number of nitrogens with one attached hydrogen (secondary N) is 1. The van der Waals surface area contributed by atoms with E-state index in [4.69, 9.17) is 28.8 Å². The molecule has 5 rings (SSSR count). The Morgan fingerprint density at radius 2 is 1.78 bits per heavy atom. The molecule has 5 nitrogen and oxygen atoms in total. The van der Waals surface area contributed by atoms with Gasteiger partial charge in [0.15, 0.2) is 5.11 Å². The molecule has 4 heterocycles. The van der Waals surface area contributed by atoms with Gasteiger partial charge in [-0.2, -0.15) is 0 Å². The number of anilines is 2. The van der Waals surface area contributed by atoms with Crippen LogP contribution in [0.5, 0.6) is 0 Å². The normalized spacial score (nSPS) is 24.2. The molecule has 0 unspecified atom stereocenters. The lowest BCUT2D eigenvalue weighted by molar-refractivity contribution is 0.357. The van der Waals surface area contributed by atoms with Crippen LogP contribution in [-0.4, -0.2) is 27.8 Å². The van der Waals surface area contributed by atoms with Crippen molar-refractivity contribution in [3.8, 4) is 0 Å². The summed E-state index contributed by atoms with van der Waals surface area (Å²) in [5.41, 5.74) is 6.86. The number of hydrogen-bond acceptors (Lipinski definition) is 3. The lowest BCUT2D eigenvalue weighted by Crippen LogP contribution is -2.38.